The van der Waals surface area contributed by atoms with Crippen LogP contribution in [-0.2, 0) is 31.0 Å². The fourth-order valence-corrected chi connectivity index (χ4v) is 4.73. The summed E-state index contributed by atoms with van der Waals surface area (Å²) in [6.45, 7) is 13.8. The molecule has 0 spiro atoms. The van der Waals surface area contributed by atoms with Gasteiger partial charge >= 0.3 is 5.97 Å². The van der Waals surface area contributed by atoms with E-state index in [1.807, 2.05) is 71.9 Å². The Hall–Kier alpha value is -3.77. The number of carbonyl (C=O) groups is 3. The molecule has 2 atom stereocenters. The molecule has 10 nitrogen and oxygen atoms in total. The molecule has 0 fully saturated rings. The molecule has 2 amide bonds. The van der Waals surface area contributed by atoms with Crippen molar-refractivity contribution in [1.29, 1.82) is 0 Å². The number of carboxylic acids is 1. The van der Waals surface area contributed by atoms with Crippen LogP contribution in [0.2, 0.25) is 0 Å². The van der Waals surface area contributed by atoms with Gasteiger partial charge in [-0.05, 0) is 49.1 Å². The lowest BCUT2D eigenvalue weighted by atomic mass is 9.89. The Balaban J connectivity index is 0.000000390. The highest BCUT2D eigenvalue weighted by molar-refractivity contribution is 7.93. The summed E-state index contributed by atoms with van der Waals surface area (Å²) in [4.78, 5) is 37.5. The smallest absolute Gasteiger partial charge is 0.306 e. The number of nitrogens with zero attached hydrogens (tertiary/aromatic N) is 1. The zero-order chi connectivity index (χ0) is 33.3. The topological polar surface area (TPSA) is 155 Å². The number of benzene rings is 2. The molecule has 3 aromatic rings. The van der Waals surface area contributed by atoms with E-state index in [9.17, 15) is 22.8 Å². The van der Waals surface area contributed by atoms with Gasteiger partial charge in [0.15, 0.2) is 5.13 Å². The largest absolute Gasteiger partial charge is 0.481 e. The Kier molecular flexibility index (Phi) is 16.3. The highest BCUT2D eigenvalue weighted by Gasteiger charge is 2.25. The SMILES string of the molecule is CCC(C)(C)C(=O)Nc1ccc(S(=O)(=O)Nc2nccs2)cc1.CC[C@H](C)C(=O)NCc1ccccc1.CC[C@H](C)C(=O)O. The number of hydrogen-bond acceptors (Lipinski definition) is 7. The number of carbonyl (C=O) groups excluding carboxylic acids is 2. The molecular weight excluding hydrogens is 601 g/mol. The van der Waals surface area contributed by atoms with Gasteiger partial charge in [-0.2, -0.15) is 0 Å². The van der Waals surface area contributed by atoms with Gasteiger partial charge in [0.05, 0.1) is 10.8 Å². The Bertz CT molecular complexity index is 1390. The Morgan fingerprint density at radius 3 is 1.98 bits per heavy atom. The maximum absolute atomic E-state index is 12.2. The summed E-state index contributed by atoms with van der Waals surface area (Å²) in [5, 5.41) is 15.9. The van der Waals surface area contributed by atoms with E-state index < -0.39 is 21.4 Å². The molecule has 0 unspecified atom stereocenters. The van der Waals surface area contributed by atoms with Crippen LogP contribution in [-0.4, -0.2) is 36.3 Å². The van der Waals surface area contributed by atoms with Crippen molar-refractivity contribution in [3.05, 3.63) is 71.7 Å². The van der Waals surface area contributed by atoms with Crippen LogP contribution < -0.4 is 15.4 Å². The Morgan fingerprint density at radius 1 is 0.932 bits per heavy atom. The molecule has 1 aromatic heterocycles. The molecule has 242 valence electrons. The molecular formula is C32H46N4O6S2. The van der Waals surface area contributed by atoms with Gasteiger partial charge in [0, 0.05) is 35.1 Å². The molecule has 0 saturated carbocycles. The standard InChI is InChI=1S/C15H19N3O3S2.C12H17NO.C5H10O2/c1-4-15(2,3)13(19)17-11-5-7-12(8-6-11)23(20,21)18-14-16-9-10-22-14;1-3-10(2)12(14)13-9-11-7-5-4-6-8-11;1-3-4(2)5(6)7/h5-10H,4H2,1-3H3,(H,16,18)(H,17,19);4-8,10H,3,9H2,1-2H3,(H,13,14);4H,3H2,1-2H3,(H,6,7)/t;10-;4-/m.00/s1. The molecule has 12 heteroatoms. The second kappa shape index (κ2) is 18.8. The van der Waals surface area contributed by atoms with Crippen LogP contribution in [0.25, 0.3) is 0 Å². The minimum atomic E-state index is -3.68. The number of aliphatic carboxylic acids is 1. The zero-order valence-electron chi connectivity index (χ0n) is 26.6. The zero-order valence-corrected chi connectivity index (χ0v) is 28.2. The Morgan fingerprint density at radius 2 is 1.52 bits per heavy atom. The maximum atomic E-state index is 12.2. The number of carboxylic acid groups (broad SMARTS) is 1. The summed E-state index contributed by atoms with van der Waals surface area (Å²) in [5.74, 6) is -0.742. The first-order chi connectivity index (χ1) is 20.7. The third-order valence-corrected chi connectivity index (χ3v) is 9.15. The van der Waals surface area contributed by atoms with E-state index >= 15 is 0 Å². The molecule has 0 bridgehead atoms. The number of anilines is 2. The van der Waals surface area contributed by atoms with Crippen LogP contribution in [0, 0.1) is 17.3 Å². The first kappa shape index (κ1) is 38.3. The first-order valence-corrected chi connectivity index (χ1v) is 16.9. The molecule has 4 N–H and O–H groups in total. The number of amides is 2. The maximum Gasteiger partial charge on any atom is 0.306 e. The second-order valence-corrected chi connectivity index (χ2v) is 13.4. The quantitative estimate of drug-likeness (QED) is 0.169. The number of aromatic nitrogens is 1. The monoisotopic (exact) mass is 646 g/mol. The van der Waals surface area contributed by atoms with Crippen molar-refractivity contribution in [2.24, 2.45) is 17.3 Å². The molecule has 44 heavy (non-hydrogen) atoms. The van der Waals surface area contributed by atoms with E-state index in [-0.39, 0.29) is 28.5 Å². The van der Waals surface area contributed by atoms with Crippen LogP contribution in [0.3, 0.4) is 0 Å². The van der Waals surface area contributed by atoms with Gasteiger partial charge in [0.1, 0.15) is 0 Å². The van der Waals surface area contributed by atoms with Crippen molar-refractivity contribution in [2.75, 3.05) is 10.0 Å². The van der Waals surface area contributed by atoms with Gasteiger partial charge in [0.25, 0.3) is 10.0 Å². The molecule has 0 aliphatic rings. The minimum absolute atomic E-state index is 0.100. The van der Waals surface area contributed by atoms with Crippen LogP contribution >= 0.6 is 11.3 Å². The van der Waals surface area contributed by atoms with E-state index in [1.54, 1.807) is 24.4 Å². The van der Waals surface area contributed by atoms with E-state index in [0.29, 0.717) is 23.8 Å². The highest BCUT2D eigenvalue weighted by Crippen LogP contribution is 2.24. The van der Waals surface area contributed by atoms with Crippen molar-refractivity contribution in [2.45, 2.75) is 79.2 Å². The summed E-state index contributed by atoms with van der Waals surface area (Å²) in [7, 11) is -3.68. The molecule has 1 heterocycles. The van der Waals surface area contributed by atoms with Crippen molar-refractivity contribution < 1.29 is 27.9 Å². The average Bonchev–Trinajstić information content (AvgIpc) is 3.52. The summed E-state index contributed by atoms with van der Waals surface area (Å²) in [6, 6.07) is 16.0. The van der Waals surface area contributed by atoms with Gasteiger partial charge in [0.2, 0.25) is 11.8 Å². The summed E-state index contributed by atoms with van der Waals surface area (Å²) >= 11 is 1.20. The molecule has 0 radical (unpaired) electrons. The van der Waals surface area contributed by atoms with Crippen molar-refractivity contribution in [3.8, 4) is 0 Å². The van der Waals surface area contributed by atoms with Gasteiger partial charge in [-0.1, -0.05) is 78.8 Å². The average molecular weight is 647 g/mol. The third kappa shape index (κ3) is 13.7. The van der Waals surface area contributed by atoms with Crippen LogP contribution in [0.4, 0.5) is 10.8 Å². The summed E-state index contributed by atoms with van der Waals surface area (Å²) < 4.78 is 26.8. The van der Waals surface area contributed by atoms with Crippen molar-refractivity contribution in [3.63, 3.8) is 0 Å². The van der Waals surface area contributed by atoms with Crippen LogP contribution in [0.15, 0.2) is 71.1 Å². The number of nitrogens with one attached hydrogen (secondary N) is 3. The lowest BCUT2D eigenvalue weighted by Gasteiger charge is -2.21. The molecule has 2 aromatic carbocycles. The normalized spacial score (nSPS) is 12.2. The van der Waals surface area contributed by atoms with E-state index in [1.165, 1.54) is 29.7 Å². The second-order valence-electron chi connectivity index (χ2n) is 10.8. The number of thiazole rings is 1. The summed E-state index contributed by atoms with van der Waals surface area (Å²) in [5.41, 5.74) is 1.23. The van der Waals surface area contributed by atoms with E-state index in [0.717, 1.165) is 18.4 Å². The molecule has 3 rings (SSSR count). The van der Waals surface area contributed by atoms with E-state index in [2.05, 4.69) is 20.3 Å². The molecule has 0 saturated heterocycles. The van der Waals surface area contributed by atoms with Crippen molar-refractivity contribution >= 4 is 50.0 Å². The van der Waals surface area contributed by atoms with Gasteiger partial charge < -0.3 is 15.7 Å². The van der Waals surface area contributed by atoms with Crippen LogP contribution in [0.5, 0.6) is 0 Å². The lowest BCUT2D eigenvalue weighted by molar-refractivity contribution is -0.141. The predicted molar refractivity (Wildman–Crippen MR) is 177 cm³/mol. The summed E-state index contributed by atoms with van der Waals surface area (Å²) in [6.07, 6.45) is 3.84. The predicted octanol–water partition coefficient (Wildman–Crippen LogP) is 6.78. The Labute approximate surface area is 265 Å². The first-order valence-electron chi connectivity index (χ1n) is 14.5. The van der Waals surface area contributed by atoms with Gasteiger partial charge in [-0.3, -0.25) is 19.1 Å². The van der Waals surface area contributed by atoms with Gasteiger partial charge in [-0.25, -0.2) is 13.4 Å². The van der Waals surface area contributed by atoms with Crippen molar-refractivity contribution in [1.82, 2.24) is 10.3 Å². The molecule has 0 aliphatic carbocycles. The fraction of sp³-hybridized carbons (Fsp3) is 0.438. The molecule has 0 aliphatic heterocycles. The number of rotatable bonds is 12. The van der Waals surface area contributed by atoms with Crippen LogP contribution in [0.1, 0.15) is 73.3 Å². The number of hydrogen-bond donors (Lipinski definition) is 4. The van der Waals surface area contributed by atoms with E-state index in [4.69, 9.17) is 5.11 Å². The fourth-order valence-electron chi connectivity index (χ4n) is 2.95. The number of sulfonamides is 1. The highest BCUT2D eigenvalue weighted by atomic mass is 32.2. The van der Waals surface area contributed by atoms with Gasteiger partial charge in [-0.15, -0.1) is 11.3 Å². The minimum Gasteiger partial charge on any atom is -0.481 e. The third-order valence-electron chi connectivity index (χ3n) is 6.98. The lowest BCUT2D eigenvalue weighted by Crippen LogP contribution is -2.29.